The smallest absolute Gasteiger partial charge is 0.252 e. The van der Waals surface area contributed by atoms with E-state index in [2.05, 4.69) is 50.5 Å². The van der Waals surface area contributed by atoms with E-state index in [1.54, 1.807) is 0 Å². The molecule has 8 heteroatoms. The minimum Gasteiger partial charge on any atom is -0.376 e. The Morgan fingerprint density at radius 3 is 2.81 bits per heavy atom. The number of morpholine rings is 1. The predicted octanol–water partition coefficient (Wildman–Crippen LogP) is 3.25. The molecule has 2 N–H and O–H groups in total. The van der Waals surface area contributed by atoms with Crippen LogP contribution in [-0.4, -0.2) is 49.1 Å². The minimum absolute atomic E-state index is 0.143. The van der Waals surface area contributed by atoms with Gasteiger partial charge in [-0.3, -0.25) is 14.5 Å². The van der Waals surface area contributed by atoms with Crippen molar-refractivity contribution in [2.75, 3.05) is 26.2 Å². The quantitative estimate of drug-likeness (QED) is 0.594. The van der Waals surface area contributed by atoms with E-state index in [9.17, 15) is 14.0 Å². The van der Waals surface area contributed by atoms with E-state index in [1.807, 2.05) is 12.1 Å². The summed E-state index contributed by atoms with van der Waals surface area (Å²) in [5.74, 6) is -1.08. The van der Waals surface area contributed by atoms with Gasteiger partial charge in [-0.1, -0.05) is 24.3 Å². The van der Waals surface area contributed by atoms with Gasteiger partial charge in [-0.25, -0.2) is 4.39 Å². The normalized spacial score (nSPS) is 16.7. The van der Waals surface area contributed by atoms with Crippen LogP contribution in [-0.2, 0) is 22.6 Å². The molecule has 0 aliphatic carbocycles. The first-order valence-corrected chi connectivity index (χ1v) is 11.1. The maximum absolute atomic E-state index is 13.3. The molecule has 0 aromatic heterocycles. The maximum atomic E-state index is 13.3. The zero-order chi connectivity index (χ0) is 22.2. The third kappa shape index (κ3) is 7.41. The number of ether oxygens (including phenoxy) is 1. The predicted molar refractivity (Wildman–Crippen MR) is 120 cm³/mol. The number of hydrogen-bond donors (Lipinski definition) is 2. The lowest BCUT2D eigenvalue weighted by Gasteiger charge is -2.31. The molecule has 0 spiro atoms. The van der Waals surface area contributed by atoms with Crippen LogP contribution in [0, 0.1) is 5.82 Å². The first-order chi connectivity index (χ1) is 14.9. The van der Waals surface area contributed by atoms with Crippen LogP contribution in [0.1, 0.15) is 34.8 Å². The Bertz CT molecular complexity index is 925. The van der Waals surface area contributed by atoms with Gasteiger partial charge < -0.3 is 15.4 Å². The molecule has 2 aromatic carbocycles. The second kappa shape index (κ2) is 11.4. The van der Waals surface area contributed by atoms with E-state index in [-0.39, 0.29) is 30.5 Å². The number of carbonyl (C=O) groups is 2. The molecule has 1 fully saturated rings. The average Bonchev–Trinajstić information content (AvgIpc) is 2.74. The summed E-state index contributed by atoms with van der Waals surface area (Å²) in [7, 11) is 0. The Morgan fingerprint density at radius 2 is 2.00 bits per heavy atom. The van der Waals surface area contributed by atoms with Gasteiger partial charge in [-0.05, 0) is 52.2 Å². The SMILES string of the molecule is CC1CN(Cc2cccc(CNC(=O)CCNC(=O)c3cc(F)ccc3Br)c2)CCO1. The lowest BCUT2D eigenvalue weighted by molar-refractivity contribution is -0.121. The zero-order valence-electron chi connectivity index (χ0n) is 17.5. The first-order valence-electron chi connectivity index (χ1n) is 10.3. The summed E-state index contributed by atoms with van der Waals surface area (Å²) in [6, 6.07) is 12.1. The van der Waals surface area contributed by atoms with Crippen LogP contribution < -0.4 is 10.6 Å². The van der Waals surface area contributed by atoms with Gasteiger partial charge in [0, 0.05) is 43.6 Å². The minimum atomic E-state index is -0.489. The largest absolute Gasteiger partial charge is 0.376 e. The summed E-state index contributed by atoms with van der Waals surface area (Å²) in [5, 5.41) is 5.52. The molecule has 1 aliphatic rings. The summed E-state index contributed by atoms with van der Waals surface area (Å²) in [6.45, 7) is 6.12. The van der Waals surface area contributed by atoms with Crippen LogP contribution in [0.15, 0.2) is 46.9 Å². The maximum Gasteiger partial charge on any atom is 0.252 e. The Labute approximate surface area is 190 Å². The summed E-state index contributed by atoms with van der Waals surface area (Å²) >= 11 is 3.23. The van der Waals surface area contributed by atoms with Gasteiger partial charge >= 0.3 is 0 Å². The molecular formula is C23H27BrFN3O3. The van der Waals surface area contributed by atoms with Gasteiger partial charge in [0.15, 0.2) is 0 Å². The monoisotopic (exact) mass is 491 g/mol. The van der Waals surface area contributed by atoms with Gasteiger partial charge in [0.1, 0.15) is 5.82 Å². The van der Waals surface area contributed by atoms with Gasteiger partial charge in [-0.2, -0.15) is 0 Å². The van der Waals surface area contributed by atoms with Crippen molar-refractivity contribution in [2.24, 2.45) is 0 Å². The molecule has 2 amide bonds. The number of amides is 2. The van der Waals surface area contributed by atoms with Crippen LogP contribution in [0.4, 0.5) is 4.39 Å². The third-order valence-corrected chi connectivity index (χ3v) is 5.71. The Balaban J connectivity index is 1.41. The Kier molecular flexibility index (Phi) is 8.57. The van der Waals surface area contributed by atoms with Crippen molar-refractivity contribution in [3.63, 3.8) is 0 Å². The fourth-order valence-electron chi connectivity index (χ4n) is 3.48. The molecule has 0 bridgehead atoms. The number of benzene rings is 2. The van der Waals surface area contributed by atoms with Crippen LogP contribution in [0.2, 0.25) is 0 Å². The van der Waals surface area contributed by atoms with E-state index in [0.717, 1.165) is 37.9 Å². The molecule has 1 aliphatic heterocycles. The lowest BCUT2D eigenvalue weighted by atomic mass is 10.1. The van der Waals surface area contributed by atoms with E-state index in [4.69, 9.17) is 4.74 Å². The number of halogens is 2. The van der Waals surface area contributed by atoms with Crippen molar-refractivity contribution in [2.45, 2.75) is 32.5 Å². The molecule has 166 valence electrons. The molecule has 1 heterocycles. The Hall–Kier alpha value is -2.29. The van der Waals surface area contributed by atoms with Crippen LogP contribution in [0.5, 0.6) is 0 Å². The number of carbonyl (C=O) groups excluding carboxylic acids is 2. The van der Waals surface area contributed by atoms with E-state index in [1.165, 1.54) is 17.7 Å². The molecule has 0 saturated carbocycles. The average molecular weight is 492 g/mol. The van der Waals surface area contributed by atoms with Gasteiger partial charge in [0.2, 0.25) is 5.91 Å². The van der Waals surface area contributed by atoms with Crippen LogP contribution >= 0.6 is 15.9 Å². The molecule has 1 atom stereocenters. The number of nitrogens with one attached hydrogen (secondary N) is 2. The number of nitrogens with zero attached hydrogens (tertiary/aromatic N) is 1. The molecule has 0 radical (unpaired) electrons. The topological polar surface area (TPSA) is 70.7 Å². The van der Waals surface area contributed by atoms with Crippen molar-refractivity contribution in [1.82, 2.24) is 15.5 Å². The Morgan fingerprint density at radius 1 is 1.19 bits per heavy atom. The highest BCUT2D eigenvalue weighted by atomic mass is 79.9. The standard InChI is InChI=1S/C23H27BrFN3O3/c1-16-14-28(9-10-31-16)15-18-4-2-3-17(11-18)13-27-22(29)7-8-26-23(30)20-12-19(25)5-6-21(20)24/h2-6,11-12,16H,7-10,13-15H2,1H3,(H,26,30)(H,27,29). The summed E-state index contributed by atoms with van der Waals surface area (Å²) in [5.41, 5.74) is 2.43. The molecule has 31 heavy (non-hydrogen) atoms. The summed E-state index contributed by atoms with van der Waals surface area (Å²) < 4.78 is 19.4. The van der Waals surface area contributed by atoms with Crippen LogP contribution in [0.3, 0.4) is 0 Å². The highest BCUT2D eigenvalue weighted by Gasteiger charge is 2.16. The van der Waals surface area contributed by atoms with E-state index >= 15 is 0 Å². The van der Waals surface area contributed by atoms with Gasteiger partial charge in [0.25, 0.3) is 5.91 Å². The highest BCUT2D eigenvalue weighted by Crippen LogP contribution is 2.17. The van der Waals surface area contributed by atoms with E-state index < -0.39 is 11.7 Å². The molecule has 1 saturated heterocycles. The third-order valence-electron chi connectivity index (χ3n) is 5.02. The highest BCUT2D eigenvalue weighted by molar-refractivity contribution is 9.10. The fourth-order valence-corrected chi connectivity index (χ4v) is 3.90. The molecule has 3 rings (SSSR count). The van der Waals surface area contributed by atoms with Crippen molar-refractivity contribution in [3.05, 3.63) is 69.4 Å². The molecule has 2 aromatic rings. The van der Waals surface area contributed by atoms with Gasteiger partial charge in [0.05, 0.1) is 18.3 Å². The van der Waals surface area contributed by atoms with Crippen molar-refractivity contribution < 1.29 is 18.7 Å². The van der Waals surface area contributed by atoms with E-state index in [0.29, 0.717) is 11.0 Å². The summed E-state index contributed by atoms with van der Waals surface area (Å²) in [4.78, 5) is 26.7. The molecular weight excluding hydrogens is 465 g/mol. The molecule has 6 nitrogen and oxygen atoms in total. The van der Waals surface area contributed by atoms with Crippen molar-refractivity contribution in [1.29, 1.82) is 0 Å². The van der Waals surface area contributed by atoms with Crippen LogP contribution in [0.25, 0.3) is 0 Å². The second-order valence-corrected chi connectivity index (χ2v) is 8.50. The lowest BCUT2D eigenvalue weighted by Crippen LogP contribution is -2.40. The zero-order valence-corrected chi connectivity index (χ0v) is 19.1. The van der Waals surface area contributed by atoms with Crippen molar-refractivity contribution in [3.8, 4) is 0 Å². The number of hydrogen-bond acceptors (Lipinski definition) is 4. The first kappa shape index (κ1) is 23.4. The number of rotatable bonds is 8. The fraction of sp³-hybridized carbons (Fsp3) is 0.391. The van der Waals surface area contributed by atoms with Gasteiger partial charge in [-0.15, -0.1) is 0 Å². The molecule has 1 unspecified atom stereocenters. The summed E-state index contributed by atoms with van der Waals surface area (Å²) in [6.07, 6.45) is 0.392. The van der Waals surface area contributed by atoms with Crippen molar-refractivity contribution >= 4 is 27.7 Å². The second-order valence-electron chi connectivity index (χ2n) is 7.64.